The van der Waals surface area contributed by atoms with Gasteiger partial charge in [0.1, 0.15) is 5.82 Å². The monoisotopic (exact) mass is 245 g/mol. The van der Waals surface area contributed by atoms with E-state index in [4.69, 9.17) is 16.7 Å². The number of carbonyl (C=O) groups is 1. The number of carboxylic acids is 1. The van der Waals surface area contributed by atoms with Crippen LogP contribution in [0.2, 0.25) is 5.02 Å². The van der Waals surface area contributed by atoms with Gasteiger partial charge in [-0.05, 0) is 24.2 Å². The zero-order valence-electron chi connectivity index (χ0n) is 8.91. The van der Waals surface area contributed by atoms with Crippen molar-refractivity contribution in [1.29, 1.82) is 0 Å². The van der Waals surface area contributed by atoms with Gasteiger partial charge in [-0.1, -0.05) is 24.6 Å². The van der Waals surface area contributed by atoms with Crippen LogP contribution in [0, 0.1) is 5.82 Å². The first kappa shape index (κ1) is 12.9. The molecule has 1 aromatic carbocycles. The topological polar surface area (TPSA) is 40.5 Å². The molecule has 0 saturated carbocycles. The maximum absolute atomic E-state index is 13.1. The van der Waals surface area contributed by atoms with E-state index in [0.29, 0.717) is 18.7 Å². The minimum atomic E-state index is -0.892. The number of halogens is 2. The zero-order chi connectivity index (χ0) is 12.1. The first-order chi connectivity index (χ1) is 7.52. The number of hydrogen-bond donors (Lipinski definition) is 1. The van der Waals surface area contributed by atoms with Crippen LogP contribution in [0.5, 0.6) is 0 Å². The number of rotatable bonds is 5. The Hall–Kier alpha value is -1.13. The largest absolute Gasteiger partial charge is 0.480 e. The van der Waals surface area contributed by atoms with Crippen molar-refractivity contribution in [2.45, 2.75) is 13.5 Å². The summed E-state index contributed by atoms with van der Waals surface area (Å²) in [6.45, 7) is 2.80. The van der Waals surface area contributed by atoms with Gasteiger partial charge in [-0.15, -0.1) is 0 Å². The molecular formula is C11H13ClFNO2. The average molecular weight is 246 g/mol. The molecule has 1 N–H and O–H groups in total. The molecule has 0 aliphatic carbocycles. The van der Waals surface area contributed by atoms with Crippen molar-refractivity contribution in [3.63, 3.8) is 0 Å². The fourth-order valence-corrected chi connectivity index (χ4v) is 1.48. The van der Waals surface area contributed by atoms with Crippen molar-refractivity contribution < 1.29 is 14.3 Å². The van der Waals surface area contributed by atoms with Crippen LogP contribution < -0.4 is 0 Å². The van der Waals surface area contributed by atoms with Crippen LogP contribution in [0.3, 0.4) is 0 Å². The van der Waals surface area contributed by atoms with Gasteiger partial charge < -0.3 is 5.11 Å². The second-order valence-electron chi connectivity index (χ2n) is 3.45. The number of likely N-dealkylation sites (N-methyl/N-ethyl adjacent to an activating group) is 1. The molecule has 0 aliphatic rings. The van der Waals surface area contributed by atoms with Crippen LogP contribution in [0.15, 0.2) is 18.2 Å². The Morgan fingerprint density at radius 3 is 2.75 bits per heavy atom. The van der Waals surface area contributed by atoms with Crippen LogP contribution in [0.25, 0.3) is 0 Å². The zero-order valence-corrected chi connectivity index (χ0v) is 9.67. The Bertz CT molecular complexity index is 384. The molecule has 0 aromatic heterocycles. The number of benzene rings is 1. The van der Waals surface area contributed by atoms with E-state index in [2.05, 4.69) is 0 Å². The van der Waals surface area contributed by atoms with Gasteiger partial charge in [0.15, 0.2) is 0 Å². The van der Waals surface area contributed by atoms with Crippen LogP contribution in [-0.4, -0.2) is 29.1 Å². The van der Waals surface area contributed by atoms with E-state index in [9.17, 15) is 9.18 Å². The van der Waals surface area contributed by atoms with Gasteiger partial charge >= 0.3 is 5.97 Å². The molecule has 0 heterocycles. The summed E-state index contributed by atoms with van der Waals surface area (Å²) in [5, 5.41) is 8.73. The molecule has 0 atom stereocenters. The molecule has 0 spiro atoms. The Labute approximate surface area is 98.4 Å². The quantitative estimate of drug-likeness (QED) is 0.866. The average Bonchev–Trinajstić information content (AvgIpc) is 2.22. The summed E-state index contributed by atoms with van der Waals surface area (Å²) < 4.78 is 13.1. The second-order valence-corrected chi connectivity index (χ2v) is 3.85. The van der Waals surface area contributed by atoms with Crippen LogP contribution in [-0.2, 0) is 11.3 Å². The van der Waals surface area contributed by atoms with Crippen molar-refractivity contribution in [1.82, 2.24) is 4.90 Å². The van der Waals surface area contributed by atoms with Gasteiger partial charge in [-0.2, -0.15) is 0 Å². The summed E-state index contributed by atoms with van der Waals surface area (Å²) in [6, 6.07) is 4.49. The highest BCUT2D eigenvalue weighted by atomic mass is 35.5. The molecule has 1 aromatic rings. The first-order valence-electron chi connectivity index (χ1n) is 4.91. The second kappa shape index (κ2) is 5.82. The van der Waals surface area contributed by atoms with Gasteiger partial charge in [0, 0.05) is 6.54 Å². The number of aliphatic carboxylic acids is 1. The van der Waals surface area contributed by atoms with E-state index >= 15 is 0 Å². The summed E-state index contributed by atoms with van der Waals surface area (Å²) in [4.78, 5) is 12.2. The molecule has 0 saturated heterocycles. The smallest absolute Gasteiger partial charge is 0.317 e. The number of carboxylic acid groups (broad SMARTS) is 1. The molecule has 0 aliphatic heterocycles. The normalized spacial score (nSPS) is 10.8. The Morgan fingerprint density at radius 1 is 1.56 bits per heavy atom. The highest BCUT2D eigenvalue weighted by Crippen LogP contribution is 2.16. The summed E-state index contributed by atoms with van der Waals surface area (Å²) in [6.07, 6.45) is 0. The fourth-order valence-electron chi connectivity index (χ4n) is 1.37. The van der Waals surface area contributed by atoms with Gasteiger partial charge in [0.2, 0.25) is 0 Å². The van der Waals surface area contributed by atoms with Gasteiger partial charge in [-0.25, -0.2) is 4.39 Å². The molecule has 3 nitrogen and oxygen atoms in total. The van der Waals surface area contributed by atoms with Crippen molar-refractivity contribution in [2.75, 3.05) is 13.1 Å². The Balaban J connectivity index is 2.70. The molecule has 0 fully saturated rings. The predicted molar refractivity (Wildman–Crippen MR) is 60.0 cm³/mol. The van der Waals surface area contributed by atoms with E-state index < -0.39 is 11.8 Å². The lowest BCUT2D eigenvalue weighted by Crippen LogP contribution is -2.29. The van der Waals surface area contributed by atoms with Gasteiger partial charge in [-0.3, -0.25) is 9.69 Å². The van der Waals surface area contributed by atoms with Crippen LogP contribution in [0.1, 0.15) is 12.5 Å². The molecule has 0 bridgehead atoms. The van der Waals surface area contributed by atoms with Crippen molar-refractivity contribution in [3.8, 4) is 0 Å². The summed E-state index contributed by atoms with van der Waals surface area (Å²) in [5.41, 5.74) is 0.713. The van der Waals surface area contributed by atoms with Crippen molar-refractivity contribution in [3.05, 3.63) is 34.6 Å². The maximum atomic E-state index is 13.1. The SMILES string of the molecule is CCN(CC(=O)O)Cc1ccc(Cl)c(F)c1. The summed E-state index contributed by atoms with van der Waals surface area (Å²) in [7, 11) is 0. The van der Waals surface area contributed by atoms with Crippen LogP contribution in [0.4, 0.5) is 4.39 Å². The highest BCUT2D eigenvalue weighted by molar-refractivity contribution is 6.30. The minimum Gasteiger partial charge on any atom is -0.480 e. The maximum Gasteiger partial charge on any atom is 0.317 e. The number of nitrogens with zero attached hydrogens (tertiary/aromatic N) is 1. The van der Waals surface area contributed by atoms with Crippen LogP contribution >= 0.6 is 11.6 Å². The molecule has 0 unspecified atom stereocenters. The van der Waals surface area contributed by atoms with E-state index in [1.807, 2.05) is 6.92 Å². The third kappa shape index (κ3) is 3.79. The van der Waals surface area contributed by atoms with Gasteiger partial charge in [0.25, 0.3) is 0 Å². The summed E-state index contributed by atoms with van der Waals surface area (Å²) >= 11 is 5.55. The highest BCUT2D eigenvalue weighted by Gasteiger charge is 2.09. The molecule has 1 rings (SSSR count). The van der Waals surface area contributed by atoms with E-state index in [-0.39, 0.29) is 11.6 Å². The summed E-state index contributed by atoms with van der Waals surface area (Å²) in [5.74, 6) is -1.37. The molecule has 0 radical (unpaired) electrons. The standard InChI is InChI=1S/C11H13ClFNO2/c1-2-14(7-11(15)16)6-8-3-4-9(12)10(13)5-8/h3-5H,2,6-7H2,1H3,(H,15,16). The lowest BCUT2D eigenvalue weighted by Gasteiger charge is -2.17. The predicted octanol–water partition coefficient (Wildman–Crippen LogP) is 2.39. The third-order valence-corrected chi connectivity index (χ3v) is 2.50. The van der Waals surface area contributed by atoms with E-state index in [1.165, 1.54) is 12.1 Å². The van der Waals surface area contributed by atoms with Crippen molar-refractivity contribution in [2.24, 2.45) is 0 Å². The van der Waals surface area contributed by atoms with Crippen molar-refractivity contribution >= 4 is 17.6 Å². The van der Waals surface area contributed by atoms with Gasteiger partial charge in [0.05, 0.1) is 11.6 Å². The Morgan fingerprint density at radius 2 is 2.25 bits per heavy atom. The molecule has 0 amide bonds. The lowest BCUT2D eigenvalue weighted by molar-refractivity contribution is -0.138. The molecule has 5 heteroatoms. The fraction of sp³-hybridized carbons (Fsp3) is 0.364. The van der Waals surface area contributed by atoms with E-state index in [1.54, 1.807) is 11.0 Å². The molecular weight excluding hydrogens is 233 g/mol. The molecule has 88 valence electrons. The Kier molecular flexibility index (Phi) is 4.71. The number of hydrogen-bond acceptors (Lipinski definition) is 2. The minimum absolute atomic E-state index is 0.0548. The lowest BCUT2D eigenvalue weighted by atomic mass is 10.2. The first-order valence-corrected chi connectivity index (χ1v) is 5.28. The van der Waals surface area contributed by atoms with E-state index in [0.717, 1.165) is 0 Å². The molecule has 16 heavy (non-hydrogen) atoms. The third-order valence-electron chi connectivity index (χ3n) is 2.20.